The van der Waals surface area contributed by atoms with Crippen molar-refractivity contribution >= 4 is 54.8 Å². The second kappa shape index (κ2) is 7.33. The number of aromatic amines is 1. The van der Waals surface area contributed by atoms with Crippen LogP contribution in [-0.2, 0) is 0 Å². The number of nitrogens with zero attached hydrogens (tertiary/aromatic N) is 2. The Morgan fingerprint density at radius 1 is 1.00 bits per heavy atom. The van der Waals surface area contributed by atoms with E-state index in [1.807, 2.05) is 36.4 Å². The molecule has 3 aromatic carbocycles. The number of aromatic nitrogens is 2. The van der Waals surface area contributed by atoms with Crippen LogP contribution >= 0.6 is 31.9 Å². The van der Waals surface area contributed by atoms with Crippen LogP contribution in [0.1, 0.15) is 5.56 Å². The van der Waals surface area contributed by atoms with Gasteiger partial charge in [0.15, 0.2) is 11.5 Å². The fourth-order valence-electron chi connectivity index (χ4n) is 3.11. The van der Waals surface area contributed by atoms with E-state index in [9.17, 15) is 10.2 Å². The van der Waals surface area contributed by atoms with Crippen molar-refractivity contribution in [3.63, 3.8) is 0 Å². The lowest BCUT2D eigenvalue weighted by atomic mass is 10.2. The molecule has 0 spiro atoms. The van der Waals surface area contributed by atoms with Gasteiger partial charge in [0.05, 0.1) is 21.2 Å². The highest BCUT2D eigenvalue weighted by atomic mass is 79.9. The molecule has 150 valence electrons. The Morgan fingerprint density at radius 2 is 1.83 bits per heavy atom. The summed E-state index contributed by atoms with van der Waals surface area (Å²) in [5, 5.41) is 20.0. The Hall–Kier alpha value is -3.04. The summed E-state index contributed by atoms with van der Waals surface area (Å²) in [6.07, 6.45) is 1.52. The van der Waals surface area contributed by atoms with E-state index in [1.165, 1.54) is 6.21 Å². The number of phenols is 2. The maximum atomic E-state index is 10.2. The van der Waals surface area contributed by atoms with Gasteiger partial charge in [-0.2, -0.15) is 0 Å². The average Bonchev–Trinajstić information content (AvgIpc) is 3.39. The zero-order valence-corrected chi connectivity index (χ0v) is 18.4. The van der Waals surface area contributed by atoms with Crippen LogP contribution in [0.2, 0.25) is 0 Å². The van der Waals surface area contributed by atoms with Crippen LogP contribution in [0, 0.1) is 0 Å². The minimum absolute atomic E-state index is 0.0707. The van der Waals surface area contributed by atoms with Gasteiger partial charge in [0, 0.05) is 17.3 Å². The molecular formula is C21H13Br2N3O4. The van der Waals surface area contributed by atoms with Crippen molar-refractivity contribution < 1.29 is 19.7 Å². The highest BCUT2D eigenvalue weighted by Gasteiger charge is 2.16. The van der Waals surface area contributed by atoms with Crippen LogP contribution in [0.4, 0.5) is 5.69 Å². The molecule has 0 atom stereocenters. The molecule has 1 aliphatic heterocycles. The number of aliphatic imine (C=N–C) groups is 1. The highest BCUT2D eigenvalue weighted by Crippen LogP contribution is 2.41. The zero-order chi connectivity index (χ0) is 20.8. The van der Waals surface area contributed by atoms with Crippen LogP contribution in [0.5, 0.6) is 23.0 Å². The number of fused-ring (bicyclic) bond motifs is 2. The van der Waals surface area contributed by atoms with Gasteiger partial charge in [0.25, 0.3) is 0 Å². The molecule has 0 fully saturated rings. The van der Waals surface area contributed by atoms with E-state index >= 15 is 0 Å². The topological polar surface area (TPSA) is 100.0 Å². The van der Waals surface area contributed by atoms with E-state index in [-0.39, 0.29) is 22.8 Å². The minimum atomic E-state index is -0.0922. The van der Waals surface area contributed by atoms with E-state index in [0.29, 0.717) is 27.3 Å². The molecule has 0 saturated carbocycles. The van der Waals surface area contributed by atoms with Gasteiger partial charge in [-0.1, -0.05) is 0 Å². The number of phenolic OH excluding ortho intramolecular Hbond substituents is 2. The predicted molar refractivity (Wildman–Crippen MR) is 120 cm³/mol. The molecule has 0 aliphatic carbocycles. The van der Waals surface area contributed by atoms with Crippen LogP contribution in [0.25, 0.3) is 22.4 Å². The third-order valence-electron chi connectivity index (χ3n) is 4.66. The lowest BCUT2D eigenvalue weighted by Gasteiger charge is -2.06. The third-order valence-corrected chi connectivity index (χ3v) is 6.02. The van der Waals surface area contributed by atoms with E-state index in [1.54, 1.807) is 6.07 Å². The van der Waals surface area contributed by atoms with Crippen molar-refractivity contribution in [3.05, 3.63) is 57.0 Å². The van der Waals surface area contributed by atoms with E-state index in [0.717, 1.165) is 22.3 Å². The average molecular weight is 531 g/mol. The summed E-state index contributed by atoms with van der Waals surface area (Å²) >= 11 is 6.41. The Morgan fingerprint density at radius 3 is 2.70 bits per heavy atom. The number of H-pyrrole nitrogens is 1. The van der Waals surface area contributed by atoms with Crippen molar-refractivity contribution in [2.45, 2.75) is 0 Å². The molecule has 0 radical (unpaired) electrons. The molecule has 2 heterocycles. The van der Waals surface area contributed by atoms with Gasteiger partial charge < -0.3 is 24.7 Å². The summed E-state index contributed by atoms with van der Waals surface area (Å²) in [6.45, 7) is 0.226. The summed E-state index contributed by atoms with van der Waals surface area (Å²) < 4.78 is 11.4. The summed E-state index contributed by atoms with van der Waals surface area (Å²) in [6, 6.07) is 12.9. The lowest BCUT2D eigenvalue weighted by Crippen LogP contribution is -1.92. The zero-order valence-electron chi connectivity index (χ0n) is 15.2. The fourth-order valence-corrected chi connectivity index (χ4v) is 4.27. The second-order valence-electron chi connectivity index (χ2n) is 6.57. The quantitative estimate of drug-likeness (QED) is 0.297. The molecular weight excluding hydrogens is 518 g/mol. The Bertz CT molecular complexity index is 1330. The SMILES string of the molecule is Oc1c(Br)cc(/C=N/c2ccc3[nH]c(-c4ccc5c(c4)OCO5)nc3c2)c(O)c1Br. The fraction of sp³-hybridized carbons (Fsp3) is 0.0476. The van der Waals surface area contributed by atoms with E-state index < -0.39 is 0 Å². The number of nitrogens with one attached hydrogen (secondary N) is 1. The molecule has 0 amide bonds. The molecule has 4 aromatic rings. The van der Waals surface area contributed by atoms with Gasteiger partial charge in [-0.05, 0) is 74.3 Å². The monoisotopic (exact) mass is 529 g/mol. The maximum absolute atomic E-state index is 10.2. The van der Waals surface area contributed by atoms with Crippen molar-refractivity contribution in [3.8, 4) is 34.4 Å². The van der Waals surface area contributed by atoms with Gasteiger partial charge in [0.2, 0.25) is 6.79 Å². The molecule has 3 N–H and O–H groups in total. The van der Waals surface area contributed by atoms with Crippen LogP contribution < -0.4 is 9.47 Å². The van der Waals surface area contributed by atoms with Crippen molar-refractivity contribution in [1.29, 1.82) is 0 Å². The molecule has 0 saturated heterocycles. The largest absolute Gasteiger partial charge is 0.506 e. The van der Waals surface area contributed by atoms with Crippen molar-refractivity contribution in [1.82, 2.24) is 9.97 Å². The summed E-state index contributed by atoms with van der Waals surface area (Å²) in [7, 11) is 0. The van der Waals surface area contributed by atoms with Crippen LogP contribution in [0.3, 0.4) is 0 Å². The maximum Gasteiger partial charge on any atom is 0.231 e. The van der Waals surface area contributed by atoms with Gasteiger partial charge in [-0.15, -0.1) is 0 Å². The van der Waals surface area contributed by atoms with Crippen LogP contribution in [-0.4, -0.2) is 33.2 Å². The van der Waals surface area contributed by atoms with Crippen molar-refractivity contribution in [2.75, 3.05) is 6.79 Å². The minimum Gasteiger partial charge on any atom is -0.506 e. The Kier molecular flexibility index (Phi) is 4.63. The standard InChI is InChI=1S/C21H13Br2N3O4/c22-13-5-11(19(27)18(23)20(13)28)8-24-12-2-3-14-15(7-12)26-21(25-14)10-1-4-16-17(6-10)30-9-29-16/h1-8,27-28H,9H2,(H,25,26)/b24-8+. The van der Waals surface area contributed by atoms with Gasteiger partial charge >= 0.3 is 0 Å². The molecule has 0 unspecified atom stereocenters. The predicted octanol–water partition coefficient (Wildman–Crippen LogP) is 5.65. The van der Waals surface area contributed by atoms with E-state index in [4.69, 9.17) is 9.47 Å². The Balaban J connectivity index is 1.47. The summed E-state index contributed by atoms with van der Waals surface area (Å²) in [5.41, 5.74) is 3.65. The van der Waals surface area contributed by atoms with Gasteiger partial charge in [0.1, 0.15) is 21.8 Å². The lowest BCUT2D eigenvalue weighted by molar-refractivity contribution is 0.174. The van der Waals surface area contributed by atoms with Gasteiger partial charge in [-0.25, -0.2) is 4.98 Å². The molecule has 30 heavy (non-hydrogen) atoms. The molecule has 9 heteroatoms. The second-order valence-corrected chi connectivity index (χ2v) is 8.22. The number of ether oxygens (including phenoxy) is 2. The summed E-state index contributed by atoms with van der Waals surface area (Å²) in [4.78, 5) is 12.4. The number of halogens is 2. The number of imidazole rings is 1. The summed E-state index contributed by atoms with van der Waals surface area (Å²) in [5.74, 6) is 1.98. The van der Waals surface area contributed by atoms with Crippen LogP contribution in [0.15, 0.2) is 56.4 Å². The molecule has 1 aromatic heterocycles. The molecule has 1 aliphatic rings. The highest BCUT2D eigenvalue weighted by molar-refractivity contribution is 9.11. The van der Waals surface area contributed by atoms with Gasteiger partial charge in [-0.3, -0.25) is 4.99 Å². The number of aromatic hydroxyl groups is 2. The van der Waals surface area contributed by atoms with Crippen molar-refractivity contribution in [2.24, 2.45) is 4.99 Å². The van der Waals surface area contributed by atoms with E-state index in [2.05, 4.69) is 46.8 Å². The normalized spacial score (nSPS) is 12.9. The number of rotatable bonds is 3. The first-order chi connectivity index (χ1) is 14.5. The number of hydrogen-bond acceptors (Lipinski definition) is 6. The first kappa shape index (κ1) is 19.0. The molecule has 5 rings (SSSR count). The molecule has 0 bridgehead atoms. The third kappa shape index (κ3) is 3.29. The molecule has 7 nitrogen and oxygen atoms in total. The number of benzene rings is 3. The first-order valence-corrected chi connectivity index (χ1v) is 10.4. The first-order valence-electron chi connectivity index (χ1n) is 8.83. The smallest absolute Gasteiger partial charge is 0.231 e. The Labute approximate surface area is 187 Å². The number of hydrogen-bond donors (Lipinski definition) is 3.